The van der Waals surface area contributed by atoms with Gasteiger partial charge in [0, 0.05) is 18.4 Å². The quantitative estimate of drug-likeness (QED) is 0.667. The van der Waals surface area contributed by atoms with Gasteiger partial charge in [0.25, 0.3) is 5.91 Å². The average molecular weight is 391 g/mol. The van der Waals surface area contributed by atoms with E-state index in [2.05, 4.69) is 9.97 Å². The lowest BCUT2D eigenvalue weighted by Crippen LogP contribution is -2.39. The Morgan fingerprint density at radius 2 is 2.04 bits per heavy atom. The molecule has 0 fully saturated rings. The highest BCUT2D eigenvalue weighted by Gasteiger charge is 2.32. The van der Waals surface area contributed by atoms with Crippen molar-refractivity contribution in [3.05, 3.63) is 57.9 Å². The lowest BCUT2D eigenvalue weighted by atomic mass is 10.0. The number of carbonyl (C=O) groups excluding carboxylic acids is 1. The maximum atomic E-state index is 12.9. The SMILES string of the molecule is COc1cnc(C(=O)N2CCc3cc4c(Cl)c(Cl)ccn4c3C2C)nc1. The molecule has 0 saturated carbocycles. The molecule has 26 heavy (non-hydrogen) atoms. The van der Waals surface area contributed by atoms with Crippen LogP contribution >= 0.6 is 23.2 Å². The summed E-state index contributed by atoms with van der Waals surface area (Å²) in [6, 6.07) is 3.67. The third kappa shape index (κ3) is 2.61. The molecule has 0 aliphatic carbocycles. The van der Waals surface area contributed by atoms with Gasteiger partial charge in [0.2, 0.25) is 5.82 Å². The fourth-order valence-corrected chi connectivity index (χ4v) is 3.81. The van der Waals surface area contributed by atoms with Crippen LogP contribution in [0.4, 0.5) is 0 Å². The molecule has 1 amide bonds. The first-order chi connectivity index (χ1) is 12.5. The van der Waals surface area contributed by atoms with E-state index in [-0.39, 0.29) is 17.8 Å². The molecule has 1 aliphatic heterocycles. The summed E-state index contributed by atoms with van der Waals surface area (Å²) in [5, 5.41) is 1.04. The van der Waals surface area contributed by atoms with Gasteiger partial charge in [-0.2, -0.15) is 0 Å². The highest BCUT2D eigenvalue weighted by atomic mass is 35.5. The van der Waals surface area contributed by atoms with Crippen LogP contribution < -0.4 is 4.74 Å². The van der Waals surface area contributed by atoms with Gasteiger partial charge in [-0.25, -0.2) is 9.97 Å². The van der Waals surface area contributed by atoms with Gasteiger partial charge in [0.1, 0.15) is 0 Å². The summed E-state index contributed by atoms with van der Waals surface area (Å²) in [6.07, 6.45) is 5.61. The molecule has 0 aromatic carbocycles. The minimum Gasteiger partial charge on any atom is -0.494 e. The second-order valence-electron chi connectivity index (χ2n) is 6.16. The number of hydrogen-bond acceptors (Lipinski definition) is 4. The standard InChI is InChI=1S/C18H16Cl2N4O2/c1-10-16-11(7-14-15(20)13(19)4-6-24(14)16)3-5-23(10)18(25)17-21-8-12(26-2)9-22-17/h4,6-10H,3,5H2,1-2H3. The maximum absolute atomic E-state index is 12.9. The molecular weight excluding hydrogens is 375 g/mol. The van der Waals surface area contributed by atoms with Crippen LogP contribution in [0.1, 0.15) is 34.8 Å². The summed E-state index contributed by atoms with van der Waals surface area (Å²) in [5.74, 6) is 0.462. The number of pyridine rings is 1. The molecule has 1 aliphatic rings. The number of nitrogens with zero attached hydrogens (tertiary/aromatic N) is 4. The molecular formula is C18H16Cl2N4O2. The first-order valence-electron chi connectivity index (χ1n) is 8.16. The summed E-state index contributed by atoms with van der Waals surface area (Å²) in [7, 11) is 1.53. The van der Waals surface area contributed by atoms with Gasteiger partial charge in [0.05, 0.1) is 41.1 Å². The fourth-order valence-electron chi connectivity index (χ4n) is 3.45. The average Bonchev–Trinajstić information content (AvgIpc) is 3.05. The van der Waals surface area contributed by atoms with Crippen LogP contribution in [0.25, 0.3) is 5.52 Å². The van der Waals surface area contributed by atoms with Crippen LogP contribution in [-0.4, -0.2) is 38.8 Å². The van der Waals surface area contributed by atoms with E-state index in [1.165, 1.54) is 25.1 Å². The highest BCUT2D eigenvalue weighted by molar-refractivity contribution is 6.44. The van der Waals surface area contributed by atoms with Crippen molar-refractivity contribution in [2.75, 3.05) is 13.7 Å². The van der Waals surface area contributed by atoms with Gasteiger partial charge in [0.15, 0.2) is 5.75 Å². The third-order valence-electron chi connectivity index (χ3n) is 4.76. The van der Waals surface area contributed by atoms with Gasteiger partial charge < -0.3 is 14.0 Å². The van der Waals surface area contributed by atoms with Crippen molar-refractivity contribution in [2.24, 2.45) is 0 Å². The lowest BCUT2D eigenvalue weighted by Gasteiger charge is -2.33. The first kappa shape index (κ1) is 17.1. The van der Waals surface area contributed by atoms with Crippen LogP contribution in [0.3, 0.4) is 0 Å². The molecule has 1 unspecified atom stereocenters. The van der Waals surface area contributed by atoms with Crippen molar-refractivity contribution in [3.63, 3.8) is 0 Å². The smallest absolute Gasteiger partial charge is 0.292 e. The van der Waals surface area contributed by atoms with E-state index >= 15 is 0 Å². The molecule has 6 nitrogen and oxygen atoms in total. The van der Waals surface area contributed by atoms with Crippen LogP contribution in [0, 0.1) is 0 Å². The molecule has 0 bridgehead atoms. The summed E-state index contributed by atoms with van der Waals surface area (Å²) in [4.78, 5) is 22.9. The van der Waals surface area contributed by atoms with E-state index in [1.54, 1.807) is 11.0 Å². The molecule has 3 aromatic heterocycles. The van der Waals surface area contributed by atoms with Crippen LogP contribution in [-0.2, 0) is 6.42 Å². The summed E-state index contributed by atoms with van der Waals surface area (Å²) in [6.45, 7) is 2.58. The van der Waals surface area contributed by atoms with Crippen LogP contribution in [0.5, 0.6) is 5.75 Å². The topological polar surface area (TPSA) is 59.7 Å². The molecule has 1 atom stereocenters. The number of halogens is 2. The van der Waals surface area contributed by atoms with Crippen molar-refractivity contribution in [1.82, 2.24) is 19.3 Å². The fraction of sp³-hybridized carbons (Fsp3) is 0.278. The van der Waals surface area contributed by atoms with E-state index in [0.717, 1.165) is 17.6 Å². The van der Waals surface area contributed by atoms with Gasteiger partial charge in [-0.1, -0.05) is 23.2 Å². The van der Waals surface area contributed by atoms with E-state index < -0.39 is 0 Å². The van der Waals surface area contributed by atoms with E-state index in [1.807, 2.05) is 23.6 Å². The highest BCUT2D eigenvalue weighted by Crippen LogP contribution is 2.36. The Kier molecular flexibility index (Phi) is 4.25. The molecule has 3 aromatic rings. The van der Waals surface area contributed by atoms with Crippen molar-refractivity contribution in [3.8, 4) is 5.75 Å². The number of aromatic nitrogens is 3. The summed E-state index contributed by atoms with van der Waals surface area (Å²) < 4.78 is 7.05. The van der Waals surface area contributed by atoms with Crippen molar-refractivity contribution >= 4 is 34.6 Å². The Morgan fingerprint density at radius 1 is 1.31 bits per heavy atom. The van der Waals surface area contributed by atoms with Gasteiger partial charge in [-0.05, 0) is 31.0 Å². The number of amides is 1. The lowest BCUT2D eigenvalue weighted by molar-refractivity contribution is 0.0660. The maximum Gasteiger partial charge on any atom is 0.292 e. The minimum absolute atomic E-state index is 0.142. The summed E-state index contributed by atoms with van der Waals surface area (Å²) in [5.41, 5.74) is 3.05. The first-order valence-corrected chi connectivity index (χ1v) is 8.91. The van der Waals surface area contributed by atoms with Crippen molar-refractivity contribution in [2.45, 2.75) is 19.4 Å². The molecule has 0 saturated heterocycles. The summed E-state index contributed by atoms with van der Waals surface area (Å²) >= 11 is 12.5. The van der Waals surface area contributed by atoms with E-state index in [9.17, 15) is 4.79 Å². The van der Waals surface area contributed by atoms with E-state index in [0.29, 0.717) is 22.3 Å². The molecule has 0 N–H and O–H groups in total. The Bertz CT molecular complexity index is 1000. The van der Waals surface area contributed by atoms with Gasteiger partial charge in [-0.15, -0.1) is 0 Å². The molecule has 0 spiro atoms. The molecule has 8 heteroatoms. The second-order valence-corrected chi connectivity index (χ2v) is 6.94. The zero-order valence-corrected chi connectivity index (χ0v) is 15.8. The number of hydrogen-bond donors (Lipinski definition) is 0. The van der Waals surface area contributed by atoms with E-state index in [4.69, 9.17) is 27.9 Å². The number of carbonyl (C=O) groups is 1. The largest absolute Gasteiger partial charge is 0.494 e. The second kappa shape index (κ2) is 6.45. The van der Waals surface area contributed by atoms with Crippen LogP contribution in [0.15, 0.2) is 30.7 Å². The van der Waals surface area contributed by atoms with Crippen molar-refractivity contribution < 1.29 is 9.53 Å². The van der Waals surface area contributed by atoms with Crippen LogP contribution in [0.2, 0.25) is 10.0 Å². The zero-order chi connectivity index (χ0) is 18.4. The Balaban J connectivity index is 1.72. The van der Waals surface area contributed by atoms with Gasteiger partial charge in [-0.3, -0.25) is 4.79 Å². The van der Waals surface area contributed by atoms with Crippen molar-refractivity contribution in [1.29, 1.82) is 0 Å². The predicted octanol–water partition coefficient (Wildman–Crippen LogP) is 3.80. The Labute approximate surface area is 160 Å². The third-order valence-corrected chi connectivity index (χ3v) is 5.57. The number of rotatable bonds is 2. The number of ether oxygens (including phenoxy) is 1. The molecule has 4 heterocycles. The number of methoxy groups -OCH3 is 1. The Morgan fingerprint density at radius 3 is 2.73 bits per heavy atom. The Hall–Kier alpha value is -2.31. The monoisotopic (exact) mass is 390 g/mol. The number of fused-ring (bicyclic) bond motifs is 3. The molecule has 0 radical (unpaired) electrons. The van der Waals surface area contributed by atoms with Gasteiger partial charge >= 0.3 is 0 Å². The minimum atomic E-state index is -0.208. The zero-order valence-electron chi connectivity index (χ0n) is 14.2. The normalized spacial score (nSPS) is 16.6. The molecule has 134 valence electrons. The predicted molar refractivity (Wildman–Crippen MR) is 99.2 cm³/mol. The molecule has 4 rings (SSSR count).